The van der Waals surface area contributed by atoms with Gasteiger partial charge in [0.15, 0.2) is 0 Å². The summed E-state index contributed by atoms with van der Waals surface area (Å²) in [5.74, 6) is 0. The summed E-state index contributed by atoms with van der Waals surface area (Å²) in [6, 6.07) is 17.5. The van der Waals surface area contributed by atoms with Crippen molar-refractivity contribution in [3.8, 4) is 0 Å². The van der Waals surface area contributed by atoms with Gasteiger partial charge in [-0.1, -0.05) is 48.5 Å². The maximum absolute atomic E-state index is 12.6. The van der Waals surface area contributed by atoms with Crippen LogP contribution in [0.2, 0.25) is 0 Å². The molecule has 5 heteroatoms. The van der Waals surface area contributed by atoms with E-state index in [0.29, 0.717) is 6.54 Å². The lowest BCUT2D eigenvalue weighted by Crippen LogP contribution is -2.26. The SMILES string of the molecule is CN(Cc1ccccc1N1CCCC1)S(=O)(=O)C=Cc1ccccc1. The van der Waals surface area contributed by atoms with Crippen molar-refractivity contribution in [2.45, 2.75) is 19.4 Å². The van der Waals surface area contributed by atoms with Crippen LogP contribution in [0.15, 0.2) is 60.0 Å². The van der Waals surface area contributed by atoms with Gasteiger partial charge in [-0.15, -0.1) is 0 Å². The monoisotopic (exact) mass is 356 g/mol. The van der Waals surface area contributed by atoms with E-state index < -0.39 is 10.0 Å². The van der Waals surface area contributed by atoms with Crippen LogP contribution in [0.3, 0.4) is 0 Å². The first kappa shape index (κ1) is 17.7. The van der Waals surface area contributed by atoms with Crippen molar-refractivity contribution < 1.29 is 8.42 Å². The zero-order chi connectivity index (χ0) is 17.7. The fourth-order valence-corrected chi connectivity index (χ4v) is 3.93. The van der Waals surface area contributed by atoms with Gasteiger partial charge in [-0.25, -0.2) is 8.42 Å². The largest absolute Gasteiger partial charge is 0.371 e. The molecule has 1 fully saturated rings. The van der Waals surface area contributed by atoms with Crippen LogP contribution < -0.4 is 4.90 Å². The Morgan fingerprint density at radius 2 is 1.64 bits per heavy atom. The summed E-state index contributed by atoms with van der Waals surface area (Å²) < 4.78 is 26.5. The minimum atomic E-state index is -3.46. The quantitative estimate of drug-likeness (QED) is 0.792. The Labute approximate surface area is 150 Å². The number of sulfonamides is 1. The summed E-state index contributed by atoms with van der Waals surface area (Å²) in [7, 11) is -1.83. The van der Waals surface area contributed by atoms with E-state index in [2.05, 4.69) is 11.0 Å². The molecule has 1 heterocycles. The van der Waals surface area contributed by atoms with E-state index in [9.17, 15) is 8.42 Å². The Hall–Kier alpha value is -2.11. The second-order valence-electron chi connectivity index (χ2n) is 6.34. The van der Waals surface area contributed by atoms with E-state index in [1.54, 1.807) is 13.1 Å². The van der Waals surface area contributed by atoms with Gasteiger partial charge >= 0.3 is 0 Å². The Morgan fingerprint density at radius 3 is 2.36 bits per heavy atom. The average Bonchev–Trinajstić information content (AvgIpc) is 3.16. The number of para-hydroxylation sites is 1. The van der Waals surface area contributed by atoms with Crippen LogP contribution in [0.1, 0.15) is 24.0 Å². The molecule has 0 bridgehead atoms. The number of anilines is 1. The summed E-state index contributed by atoms with van der Waals surface area (Å²) in [5, 5.41) is 1.28. The molecule has 4 nitrogen and oxygen atoms in total. The number of benzene rings is 2. The molecule has 0 unspecified atom stereocenters. The predicted octanol–water partition coefficient (Wildman–Crippen LogP) is 3.72. The number of nitrogens with zero attached hydrogens (tertiary/aromatic N) is 2. The molecule has 0 amide bonds. The maximum Gasteiger partial charge on any atom is 0.236 e. The molecule has 0 radical (unpaired) electrons. The molecule has 0 atom stereocenters. The first-order valence-electron chi connectivity index (χ1n) is 8.58. The third-order valence-electron chi connectivity index (χ3n) is 4.50. The summed E-state index contributed by atoms with van der Waals surface area (Å²) >= 11 is 0. The average molecular weight is 356 g/mol. The predicted molar refractivity (Wildman–Crippen MR) is 104 cm³/mol. The Bertz CT molecular complexity index is 826. The van der Waals surface area contributed by atoms with Gasteiger partial charge in [0.1, 0.15) is 0 Å². The molecule has 2 aromatic carbocycles. The van der Waals surface area contributed by atoms with Crippen LogP contribution in [0.25, 0.3) is 6.08 Å². The van der Waals surface area contributed by atoms with Crippen LogP contribution in [0, 0.1) is 0 Å². The van der Waals surface area contributed by atoms with Gasteiger partial charge in [0, 0.05) is 37.8 Å². The molecule has 0 saturated carbocycles. The van der Waals surface area contributed by atoms with Crippen LogP contribution in [-0.2, 0) is 16.6 Å². The highest BCUT2D eigenvalue weighted by atomic mass is 32.2. The highest BCUT2D eigenvalue weighted by Crippen LogP contribution is 2.26. The van der Waals surface area contributed by atoms with E-state index in [1.807, 2.05) is 48.5 Å². The normalized spacial score (nSPS) is 15.4. The lowest BCUT2D eigenvalue weighted by molar-refractivity contribution is 0.475. The second-order valence-corrected chi connectivity index (χ2v) is 8.26. The molecule has 25 heavy (non-hydrogen) atoms. The molecule has 132 valence electrons. The number of hydrogen-bond acceptors (Lipinski definition) is 3. The van der Waals surface area contributed by atoms with Crippen molar-refractivity contribution in [2.75, 3.05) is 25.0 Å². The lowest BCUT2D eigenvalue weighted by atomic mass is 10.1. The van der Waals surface area contributed by atoms with E-state index in [0.717, 1.165) is 29.9 Å². The second kappa shape index (κ2) is 7.85. The molecule has 1 aliphatic heterocycles. The van der Waals surface area contributed by atoms with Gasteiger partial charge in [-0.3, -0.25) is 0 Å². The fourth-order valence-electron chi connectivity index (χ4n) is 3.07. The third kappa shape index (κ3) is 4.50. The van der Waals surface area contributed by atoms with Crippen molar-refractivity contribution in [1.29, 1.82) is 0 Å². The summed E-state index contributed by atoms with van der Waals surface area (Å²) in [6.45, 7) is 2.46. The fraction of sp³-hybridized carbons (Fsp3) is 0.300. The minimum Gasteiger partial charge on any atom is -0.371 e. The maximum atomic E-state index is 12.6. The molecule has 0 spiro atoms. The lowest BCUT2D eigenvalue weighted by Gasteiger charge is -2.23. The van der Waals surface area contributed by atoms with E-state index in [4.69, 9.17) is 0 Å². The van der Waals surface area contributed by atoms with Gasteiger partial charge in [-0.2, -0.15) is 4.31 Å². The molecule has 3 rings (SSSR count). The molecule has 0 N–H and O–H groups in total. The van der Waals surface area contributed by atoms with Crippen LogP contribution in [-0.4, -0.2) is 32.9 Å². The third-order valence-corrected chi connectivity index (χ3v) is 5.98. The van der Waals surface area contributed by atoms with Crippen molar-refractivity contribution in [3.05, 3.63) is 71.1 Å². The van der Waals surface area contributed by atoms with Crippen LogP contribution in [0.5, 0.6) is 0 Å². The van der Waals surface area contributed by atoms with Gasteiger partial charge in [0.05, 0.1) is 0 Å². The van der Waals surface area contributed by atoms with E-state index in [-0.39, 0.29) is 0 Å². The molecule has 0 aromatic heterocycles. The summed E-state index contributed by atoms with van der Waals surface area (Å²) in [6.07, 6.45) is 4.03. The van der Waals surface area contributed by atoms with Crippen molar-refractivity contribution in [3.63, 3.8) is 0 Å². The van der Waals surface area contributed by atoms with Crippen LogP contribution in [0.4, 0.5) is 5.69 Å². The highest BCUT2D eigenvalue weighted by Gasteiger charge is 2.19. The van der Waals surface area contributed by atoms with Gasteiger partial charge in [0.25, 0.3) is 0 Å². The van der Waals surface area contributed by atoms with Gasteiger partial charge < -0.3 is 4.90 Å². The smallest absolute Gasteiger partial charge is 0.236 e. The number of hydrogen-bond donors (Lipinski definition) is 0. The Balaban J connectivity index is 1.75. The van der Waals surface area contributed by atoms with Gasteiger partial charge in [0.2, 0.25) is 10.0 Å². The molecule has 2 aromatic rings. The van der Waals surface area contributed by atoms with Crippen molar-refractivity contribution in [2.24, 2.45) is 0 Å². The molecular formula is C20H24N2O2S. The Kier molecular flexibility index (Phi) is 5.56. The summed E-state index contributed by atoms with van der Waals surface area (Å²) in [5.41, 5.74) is 3.06. The molecular weight excluding hydrogens is 332 g/mol. The number of rotatable bonds is 6. The zero-order valence-electron chi connectivity index (χ0n) is 14.5. The van der Waals surface area contributed by atoms with Gasteiger partial charge in [-0.05, 0) is 36.1 Å². The molecule has 1 aliphatic rings. The first-order chi connectivity index (χ1) is 12.1. The van der Waals surface area contributed by atoms with E-state index >= 15 is 0 Å². The topological polar surface area (TPSA) is 40.6 Å². The standard InChI is InChI=1S/C20H24N2O2S/c1-21(25(23,24)16-13-18-9-3-2-4-10-18)17-19-11-5-6-12-20(19)22-14-7-8-15-22/h2-6,9-13,16H,7-8,14-15,17H2,1H3. The van der Waals surface area contributed by atoms with Crippen molar-refractivity contribution >= 4 is 21.8 Å². The Morgan fingerprint density at radius 1 is 1.00 bits per heavy atom. The van der Waals surface area contributed by atoms with E-state index in [1.165, 1.54) is 22.6 Å². The molecule has 1 saturated heterocycles. The zero-order valence-corrected chi connectivity index (χ0v) is 15.3. The summed E-state index contributed by atoms with van der Waals surface area (Å²) in [4.78, 5) is 2.34. The molecule has 0 aliphatic carbocycles. The van der Waals surface area contributed by atoms with Crippen LogP contribution >= 0.6 is 0 Å². The minimum absolute atomic E-state index is 0.369. The highest BCUT2D eigenvalue weighted by molar-refractivity contribution is 7.92. The first-order valence-corrected chi connectivity index (χ1v) is 10.1. The van der Waals surface area contributed by atoms with Crippen molar-refractivity contribution in [1.82, 2.24) is 4.31 Å².